The van der Waals surface area contributed by atoms with Gasteiger partial charge in [0.05, 0.1) is 7.11 Å². The molecular weight excluding hydrogens is 246 g/mol. The van der Waals surface area contributed by atoms with Gasteiger partial charge in [0.15, 0.2) is 0 Å². The average Bonchev–Trinajstić information content (AvgIpc) is 2.42. The van der Waals surface area contributed by atoms with Gasteiger partial charge >= 0.3 is 0 Å². The van der Waals surface area contributed by atoms with E-state index in [1.165, 1.54) is 31.4 Å². The van der Waals surface area contributed by atoms with Crippen LogP contribution in [0.3, 0.4) is 0 Å². The maximum absolute atomic E-state index is 5.90. The van der Waals surface area contributed by atoms with E-state index in [2.05, 4.69) is 17.0 Å². The van der Waals surface area contributed by atoms with Crippen molar-refractivity contribution >= 4 is 11.6 Å². The summed E-state index contributed by atoms with van der Waals surface area (Å²) in [5.41, 5.74) is 1.36. The van der Waals surface area contributed by atoms with E-state index < -0.39 is 0 Å². The molecule has 2 rings (SSSR count). The van der Waals surface area contributed by atoms with Gasteiger partial charge in [-0.15, -0.1) is 11.6 Å². The lowest BCUT2D eigenvalue weighted by Gasteiger charge is -2.35. The Labute approximate surface area is 115 Å². The molecule has 0 spiro atoms. The molecule has 100 valence electrons. The fourth-order valence-corrected chi connectivity index (χ4v) is 2.94. The highest BCUT2D eigenvalue weighted by atomic mass is 35.5. The van der Waals surface area contributed by atoms with Crippen LogP contribution in [-0.2, 0) is 6.54 Å². The Morgan fingerprint density at radius 3 is 2.72 bits per heavy atom. The summed E-state index contributed by atoms with van der Waals surface area (Å²) >= 11 is 5.90. The molecule has 0 aliphatic carbocycles. The predicted octanol–water partition coefficient (Wildman–Crippen LogP) is 3.68. The molecule has 0 aromatic heterocycles. The number of halogens is 1. The number of nitrogens with zero attached hydrogens (tertiary/aromatic N) is 1. The molecule has 1 saturated heterocycles. The maximum atomic E-state index is 5.90. The van der Waals surface area contributed by atoms with Gasteiger partial charge in [-0.1, -0.05) is 18.6 Å². The molecule has 1 aliphatic rings. The number of piperidine rings is 1. The first-order valence-corrected chi connectivity index (χ1v) is 7.30. The second kappa shape index (κ2) is 7.01. The molecule has 0 saturated carbocycles. The fraction of sp³-hybridized carbons (Fsp3) is 0.600. The normalized spacial score (nSPS) is 20.9. The Morgan fingerprint density at radius 1 is 1.28 bits per heavy atom. The molecule has 0 amide bonds. The Morgan fingerprint density at radius 2 is 2.06 bits per heavy atom. The lowest BCUT2D eigenvalue weighted by molar-refractivity contribution is 0.137. The van der Waals surface area contributed by atoms with E-state index in [1.54, 1.807) is 7.11 Å². The van der Waals surface area contributed by atoms with Crippen molar-refractivity contribution in [2.75, 3.05) is 19.5 Å². The molecule has 2 nitrogen and oxygen atoms in total. The van der Waals surface area contributed by atoms with E-state index in [1.807, 2.05) is 12.1 Å². The van der Waals surface area contributed by atoms with Gasteiger partial charge in [-0.3, -0.25) is 4.90 Å². The van der Waals surface area contributed by atoms with E-state index in [0.717, 1.165) is 24.6 Å². The number of likely N-dealkylation sites (tertiary alicyclic amines) is 1. The summed E-state index contributed by atoms with van der Waals surface area (Å²) in [4.78, 5) is 2.58. The fourth-order valence-electron chi connectivity index (χ4n) is 2.69. The first-order chi connectivity index (χ1) is 8.83. The van der Waals surface area contributed by atoms with Crippen LogP contribution in [0.1, 0.15) is 31.2 Å². The van der Waals surface area contributed by atoms with Crippen LogP contribution >= 0.6 is 11.6 Å². The number of methoxy groups -OCH3 is 1. The number of hydrogen-bond acceptors (Lipinski definition) is 2. The van der Waals surface area contributed by atoms with Crippen LogP contribution in [0.2, 0.25) is 0 Å². The van der Waals surface area contributed by atoms with Crippen molar-refractivity contribution in [3.63, 3.8) is 0 Å². The van der Waals surface area contributed by atoms with E-state index in [4.69, 9.17) is 16.3 Å². The highest BCUT2D eigenvalue weighted by Gasteiger charge is 2.21. The van der Waals surface area contributed by atoms with E-state index in [9.17, 15) is 0 Å². The van der Waals surface area contributed by atoms with Crippen LogP contribution in [0.4, 0.5) is 0 Å². The highest BCUT2D eigenvalue weighted by molar-refractivity contribution is 6.17. The summed E-state index contributed by atoms with van der Waals surface area (Å²) in [6, 6.07) is 9.06. The molecule has 1 aliphatic heterocycles. The zero-order valence-electron chi connectivity index (χ0n) is 11.1. The first-order valence-electron chi connectivity index (χ1n) is 6.76. The minimum absolute atomic E-state index is 0.665. The van der Waals surface area contributed by atoms with Crippen molar-refractivity contribution in [3.05, 3.63) is 29.8 Å². The lowest BCUT2D eigenvalue weighted by Crippen LogP contribution is -2.39. The van der Waals surface area contributed by atoms with Crippen LogP contribution < -0.4 is 4.74 Å². The van der Waals surface area contributed by atoms with Crippen molar-refractivity contribution < 1.29 is 4.74 Å². The summed E-state index contributed by atoms with van der Waals surface area (Å²) in [6.07, 6.45) is 5.07. The summed E-state index contributed by atoms with van der Waals surface area (Å²) < 4.78 is 5.19. The standard InChI is InChI=1S/C15H22ClNO/c1-18-15-7-5-13(6-8-15)12-17-11-3-2-4-14(17)9-10-16/h5-8,14H,2-4,9-12H2,1H3. The molecular formula is C15H22ClNO. The van der Waals surface area contributed by atoms with Crippen LogP contribution in [0, 0.1) is 0 Å². The molecule has 1 aromatic carbocycles. The smallest absolute Gasteiger partial charge is 0.118 e. The topological polar surface area (TPSA) is 12.5 Å². The van der Waals surface area contributed by atoms with Crippen LogP contribution in [-0.4, -0.2) is 30.5 Å². The third kappa shape index (κ3) is 3.63. The molecule has 1 aromatic rings. The number of alkyl halides is 1. The number of hydrogen-bond donors (Lipinski definition) is 0. The third-order valence-corrected chi connectivity index (χ3v) is 3.95. The first kappa shape index (κ1) is 13.7. The molecule has 1 atom stereocenters. The van der Waals surface area contributed by atoms with Crippen LogP contribution in [0.5, 0.6) is 5.75 Å². The molecule has 1 heterocycles. The monoisotopic (exact) mass is 267 g/mol. The average molecular weight is 268 g/mol. The maximum Gasteiger partial charge on any atom is 0.118 e. The summed E-state index contributed by atoms with van der Waals surface area (Å²) in [5.74, 6) is 1.69. The van der Waals surface area contributed by atoms with Gasteiger partial charge in [-0.05, 0) is 43.5 Å². The number of ether oxygens (including phenoxy) is 1. The zero-order valence-corrected chi connectivity index (χ0v) is 11.8. The van der Waals surface area contributed by atoms with Crippen molar-refractivity contribution in [1.82, 2.24) is 4.90 Å². The van der Waals surface area contributed by atoms with Gasteiger partial charge in [-0.2, -0.15) is 0 Å². The molecule has 1 unspecified atom stereocenters. The third-order valence-electron chi connectivity index (χ3n) is 3.74. The SMILES string of the molecule is COc1ccc(CN2CCCCC2CCCl)cc1. The summed E-state index contributed by atoms with van der Waals surface area (Å²) in [7, 11) is 1.70. The summed E-state index contributed by atoms with van der Waals surface area (Å²) in [5, 5.41) is 0. The van der Waals surface area contributed by atoms with E-state index in [-0.39, 0.29) is 0 Å². The minimum Gasteiger partial charge on any atom is -0.497 e. The van der Waals surface area contributed by atoms with Crippen molar-refractivity contribution in [3.8, 4) is 5.75 Å². The highest BCUT2D eigenvalue weighted by Crippen LogP contribution is 2.23. The molecule has 18 heavy (non-hydrogen) atoms. The van der Waals surface area contributed by atoms with Crippen molar-refractivity contribution in [2.24, 2.45) is 0 Å². The second-order valence-electron chi connectivity index (χ2n) is 4.95. The second-order valence-corrected chi connectivity index (χ2v) is 5.32. The Kier molecular flexibility index (Phi) is 5.33. The number of benzene rings is 1. The van der Waals surface area contributed by atoms with Gasteiger partial charge in [0.2, 0.25) is 0 Å². The molecule has 3 heteroatoms. The van der Waals surface area contributed by atoms with E-state index in [0.29, 0.717) is 6.04 Å². The number of rotatable bonds is 5. The quantitative estimate of drug-likeness (QED) is 0.755. The minimum atomic E-state index is 0.665. The van der Waals surface area contributed by atoms with Gasteiger partial charge in [0, 0.05) is 18.5 Å². The lowest BCUT2D eigenvalue weighted by atomic mass is 9.99. The zero-order chi connectivity index (χ0) is 12.8. The molecule has 1 fully saturated rings. The molecule has 0 radical (unpaired) electrons. The van der Waals surface area contributed by atoms with Crippen LogP contribution in [0.25, 0.3) is 0 Å². The van der Waals surface area contributed by atoms with Gasteiger partial charge < -0.3 is 4.74 Å². The Balaban J connectivity index is 1.96. The Bertz CT molecular complexity index is 350. The van der Waals surface area contributed by atoms with Gasteiger partial charge in [0.25, 0.3) is 0 Å². The van der Waals surface area contributed by atoms with Crippen LogP contribution in [0.15, 0.2) is 24.3 Å². The Hall–Kier alpha value is -0.730. The van der Waals surface area contributed by atoms with E-state index >= 15 is 0 Å². The van der Waals surface area contributed by atoms with Crippen molar-refractivity contribution in [2.45, 2.75) is 38.3 Å². The summed E-state index contributed by atoms with van der Waals surface area (Å²) in [6.45, 7) is 2.24. The molecule has 0 bridgehead atoms. The predicted molar refractivity (Wildman–Crippen MR) is 76.4 cm³/mol. The van der Waals surface area contributed by atoms with Gasteiger partial charge in [-0.25, -0.2) is 0 Å². The van der Waals surface area contributed by atoms with Gasteiger partial charge in [0.1, 0.15) is 5.75 Å². The molecule has 0 N–H and O–H groups in total. The largest absolute Gasteiger partial charge is 0.497 e. The van der Waals surface area contributed by atoms with Crippen molar-refractivity contribution in [1.29, 1.82) is 0 Å².